The molecule has 0 aliphatic carbocycles. The molecule has 41 heavy (non-hydrogen) atoms. The van der Waals surface area contributed by atoms with E-state index < -0.39 is 31.8 Å². The monoisotopic (exact) mass is 633 g/mol. The molecule has 5 rings (SSSR count). The summed E-state index contributed by atoms with van der Waals surface area (Å²) in [5.41, 5.74) is 1.77. The normalized spacial score (nSPS) is 14.6. The minimum atomic E-state index is -4.37. The van der Waals surface area contributed by atoms with Gasteiger partial charge in [-0.25, -0.2) is 16.8 Å². The first-order valence-corrected chi connectivity index (χ1v) is 17.7. The lowest BCUT2D eigenvalue weighted by molar-refractivity contribution is -0.667. The SMILES string of the molecule is COc1ccc2c(c1)N(CCC(=O)NS(C)(=O)=O)/C(=C/c1sc3ccc4ccccc4c3[n+]1CCCS(=O)(=O)[O-])S2. The van der Waals surface area contributed by atoms with E-state index in [1.165, 1.54) is 23.1 Å². The fraction of sp³-hybridized carbons (Fsp3) is 0.259. The van der Waals surface area contributed by atoms with Crippen molar-refractivity contribution in [3.05, 3.63) is 64.6 Å². The topological polar surface area (TPSA) is 137 Å². The Morgan fingerprint density at radius 2 is 1.90 bits per heavy atom. The van der Waals surface area contributed by atoms with Gasteiger partial charge in [0, 0.05) is 36.1 Å². The molecule has 0 bridgehead atoms. The first kappa shape index (κ1) is 29.3. The number of nitrogens with zero attached hydrogens (tertiary/aromatic N) is 2. The summed E-state index contributed by atoms with van der Waals surface area (Å²) in [4.78, 5) is 15.3. The average molecular weight is 634 g/mol. The molecular formula is C27H27N3O7S4. The molecule has 1 N–H and O–H groups in total. The highest BCUT2D eigenvalue weighted by Crippen LogP contribution is 2.48. The van der Waals surface area contributed by atoms with Crippen LogP contribution in [-0.4, -0.2) is 53.0 Å². The summed E-state index contributed by atoms with van der Waals surface area (Å²) in [6, 6.07) is 17.6. The van der Waals surface area contributed by atoms with Gasteiger partial charge >= 0.3 is 0 Å². The third-order valence-electron chi connectivity index (χ3n) is 6.44. The van der Waals surface area contributed by atoms with Crippen molar-refractivity contribution >= 4 is 81.9 Å². The number of amides is 1. The van der Waals surface area contributed by atoms with E-state index in [1.807, 2.05) is 74.9 Å². The molecule has 216 valence electrons. The summed E-state index contributed by atoms with van der Waals surface area (Å²) < 4.78 is 67.7. The standard InChI is InChI=1S/C27H27N3O7S4/c1-37-19-9-11-22-21(16-19)29(14-12-24(31)28-40(2,32)33)25(38-22)17-26-30(13-5-15-41(34,35)36)27-20-7-4-3-6-18(20)8-10-23(27)39-26/h3-4,6-11,16-17H,5,12-15H2,1-2H3,(H-,28,31,34,35,36). The largest absolute Gasteiger partial charge is 0.748 e. The van der Waals surface area contributed by atoms with Crippen LogP contribution in [0.15, 0.2) is 64.5 Å². The Hall–Kier alpha value is -3.17. The summed E-state index contributed by atoms with van der Waals surface area (Å²) >= 11 is 3.04. The Morgan fingerprint density at radius 3 is 2.63 bits per heavy atom. The Kier molecular flexibility index (Phi) is 8.30. The van der Waals surface area contributed by atoms with Crippen LogP contribution >= 0.6 is 23.1 Å². The minimum Gasteiger partial charge on any atom is -0.748 e. The fourth-order valence-electron chi connectivity index (χ4n) is 4.73. The fourth-order valence-corrected chi connectivity index (χ4v) is 8.05. The quantitative estimate of drug-likeness (QED) is 0.205. The number of methoxy groups -OCH3 is 1. The van der Waals surface area contributed by atoms with E-state index in [4.69, 9.17) is 4.74 Å². The molecule has 14 heteroatoms. The minimum absolute atomic E-state index is 0.0694. The molecule has 0 spiro atoms. The molecular weight excluding hydrogens is 607 g/mol. The van der Waals surface area contributed by atoms with Crippen LogP contribution < -0.4 is 18.9 Å². The number of carbonyl (C=O) groups excluding carboxylic acids is 1. The van der Waals surface area contributed by atoms with E-state index in [-0.39, 0.29) is 19.4 Å². The molecule has 0 saturated carbocycles. The van der Waals surface area contributed by atoms with Crippen LogP contribution in [0.3, 0.4) is 0 Å². The van der Waals surface area contributed by atoms with Gasteiger partial charge in [-0.2, -0.15) is 4.57 Å². The number of hydrogen-bond donors (Lipinski definition) is 1. The number of thioether (sulfide) groups is 1. The van der Waals surface area contributed by atoms with E-state index >= 15 is 0 Å². The van der Waals surface area contributed by atoms with Crippen LogP contribution in [0.2, 0.25) is 0 Å². The van der Waals surface area contributed by atoms with E-state index in [0.717, 1.165) is 47.9 Å². The number of ether oxygens (including phenoxy) is 1. The zero-order chi connectivity index (χ0) is 29.4. The van der Waals surface area contributed by atoms with Crippen LogP contribution in [0.4, 0.5) is 5.69 Å². The number of sulfonamides is 1. The van der Waals surface area contributed by atoms with E-state index in [1.54, 1.807) is 7.11 Å². The summed E-state index contributed by atoms with van der Waals surface area (Å²) in [6.07, 6.45) is 3.00. The predicted octanol–water partition coefficient (Wildman–Crippen LogP) is 3.66. The van der Waals surface area contributed by atoms with Gasteiger partial charge in [0.05, 0.1) is 45.7 Å². The van der Waals surface area contributed by atoms with Gasteiger partial charge in [0.25, 0.3) is 5.01 Å². The van der Waals surface area contributed by atoms with Gasteiger partial charge in [0.15, 0.2) is 6.54 Å². The van der Waals surface area contributed by atoms with Crippen LogP contribution in [0.1, 0.15) is 17.8 Å². The molecule has 0 fully saturated rings. The third kappa shape index (κ3) is 6.84. The molecule has 0 atom stereocenters. The van der Waals surface area contributed by atoms with Crippen LogP contribution in [0.5, 0.6) is 5.75 Å². The number of aryl methyl sites for hydroxylation is 1. The smallest absolute Gasteiger partial charge is 0.265 e. The molecule has 1 aliphatic heterocycles. The average Bonchev–Trinajstić information content (AvgIpc) is 3.42. The van der Waals surface area contributed by atoms with Gasteiger partial charge < -0.3 is 14.2 Å². The van der Waals surface area contributed by atoms with E-state index in [2.05, 4.69) is 0 Å². The lowest BCUT2D eigenvalue weighted by Crippen LogP contribution is -2.36. The highest BCUT2D eigenvalue weighted by molar-refractivity contribution is 8.04. The molecule has 4 aromatic rings. The zero-order valence-corrected chi connectivity index (χ0v) is 25.5. The maximum absolute atomic E-state index is 12.4. The van der Waals surface area contributed by atoms with Crippen molar-refractivity contribution in [1.82, 2.24) is 4.72 Å². The van der Waals surface area contributed by atoms with Gasteiger partial charge in [0.2, 0.25) is 21.4 Å². The maximum atomic E-state index is 12.4. The molecule has 1 amide bonds. The Balaban J connectivity index is 1.59. The zero-order valence-electron chi connectivity index (χ0n) is 22.2. The molecule has 0 unspecified atom stereocenters. The van der Waals surface area contributed by atoms with Crippen LogP contribution in [0, 0.1) is 0 Å². The molecule has 3 aromatic carbocycles. The van der Waals surface area contributed by atoms with Crippen molar-refractivity contribution in [3.63, 3.8) is 0 Å². The van der Waals surface area contributed by atoms with Gasteiger partial charge in [-0.05, 0) is 29.7 Å². The van der Waals surface area contributed by atoms with Crippen molar-refractivity contribution in [1.29, 1.82) is 0 Å². The molecule has 10 nitrogen and oxygen atoms in total. The van der Waals surface area contributed by atoms with Crippen LogP contribution in [-0.2, 0) is 31.5 Å². The Labute approximate surface area is 246 Å². The van der Waals surface area contributed by atoms with E-state index in [9.17, 15) is 26.2 Å². The number of nitrogens with one attached hydrogen (secondary N) is 1. The Morgan fingerprint density at radius 1 is 1.12 bits per heavy atom. The summed E-state index contributed by atoms with van der Waals surface area (Å²) in [5.74, 6) is -0.450. The first-order chi connectivity index (χ1) is 19.4. The van der Waals surface area contributed by atoms with Gasteiger partial charge in [-0.3, -0.25) is 9.52 Å². The predicted molar refractivity (Wildman–Crippen MR) is 160 cm³/mol. The number of anilines is 1. The second kappa shape index (κ2) is 11.6. The van der Waals surface area contributed by atoms with Gasteiger partial charge in [-0.15, -0.1) is 0 Å². The van der Waals surface area contributed by atoms with Crippen molar-refractivity contribution in [2.75, 3.05) is 30.6 Å². The molecule has 1 aliphatic rings. The van der Waals surface area contributed by atoms with Crippen molar-refractivity contribution < 1.29 is 35.5 Å². The van der Waals surface area contributed by atoms with E-state index in [0.29, 0.717) is 12.3 Å². The lowest BCUT2D eigenvalue weighted by atomic mass is 10.1. The first-order valence-electron chi connectivity index (χ1n) is 12.6. The van der Waals surface area contributed by atoms with Crippen molar-refractivity contribution in [3.8, 4) is 5.75 Å². The number of fused-ring (bicyclic) bond motifs is 4. The van der Waals surface area contributed by atoms with Crippen molar-refractivity contribution in [2.45, 2.75) is 24.3 Å². The highest BCUT2D eigenvalue weighted by Gasteiger charge is 2.29. The second-order valence-electron chi connectivity index (χ2n) is 9.46. The summed E-state index contributed by atoms with van der Waals surface area (Å²) in [5, 5.41) is 3.70. The molecule has 0 saturated heterocycles. The molecule has 0 radical (unpaired) electrons. The van der Waals surface area contributed by atoms with Gasteiger partial charge in [-0.1, -0.05) is 47.4 Å². The lowest BCUT2D eigenvalue weighted by Gasteiger charge is -2.20. The van der Waals surface area contributed by atoms with Crippen LogP contribution in [0.25, 0.3) is 27.1 Å². The maximum Gasteiger partial charge on any atom is 0.265 e. The summed E-state index contributed by atoms with van der Waals surface area (Å²) in [7, 11) is -6.49. The number of carbonyl (C=O) groups is 1. The number of thiazole rings is 1. The molecule has 1 aromatic heterocycles. The third-order valence-corrected chi connectivity index (χ3v) is 10.0. The van der Waals surface area contributed by atoms with Gasteiger partial charge in [0.1, 0.15) is 10.4 Å². The number of benzene rings is 3. The number of hydrogen-bond acceptors (Lipinski definition) is 10. The van der Waals surface area contributed by atoms with Crippen molar-refractivity contribution in [2.24, 2.45) is 0 Å². The summed E-state index contributed by atoms with van der Waals surface area (Å²) in [6.45, 7) is 0.527. The Bertz CT molecular complexity index is 1900. The molecule has 2 heterocycles. The highest BCUT2D eigenvalue weighted by atomic mass is 32.2. The number of aromatic nitrogens is 1. The second-order valence-corrected chi connectivity index (χ2v) is 14.9. The number of rotatable bonds is 10.